The Morgan fingerprint density at radius 2 is 1.64 bits per heavy atom. The van der Waals surface area contributed by atoms with Gasteiger partial charge < -0.3 is 29.0 Å². The number of H-pyrrole nitrogens is 1. The molecule has 39 heavy (non-hydrogen) atoms. The molecule has 212 valence electrons. The number of nitrogens with zero attached hydrogens (tertiary/aromatic N) is 2. The van der Waals surface area contributed by atoms with Crippen molar-refractivity contribution < 1.29 is 18.6 Å². The lowest BCUT2D eigenvalue weighted by Crippen LogP contribution is -2.49. The molecule has 1 N–H and O–H groups in total. The molecule has 0 unspecified atom stereocenters. The molecule has 0 amide bonds. The summed E-state index contributed by atoms with van der Waals surface area (Å²) < 4.78 is 32.5. The van der Waals surface area contributed by atoms with Gasteiger partial charge in [-0.3, -0.25) is 0 Å². The van der Waals surface area contributed by atoms with Crippen molar-refractivity contribution in [1.29, 1.82) is 0 Å². The van der Waals surface area contributed by atoms with E-state index >= 15 is 0 Å². The average Bonchev–Trinajstić information content (AvgIpc) is 3.48. The first-order chi connectivity index (χ1) is 19.2. The third-order valence-electron chi connectivity index (χ3n) is 8.17. The third kappa shape index (κ3) is 6.76. The molecule has 1 aromatic heterocycles. The number of anilines is 2. The van der Waals surface area contributed by atoms with E-state index in [2.05, 4.69) is 52.9 Å². The maximum Gasteiger partial charge on any atom is 0.185 e. The Kier molecular flexibility index (Phi) is 9.77. The number of rotatable bonds is 12. The Morgan fingerprint density at radius 3 is 2.33 bits per heavy atom. The molecule has 6 nitrogen and oxygen atoms in total. The molecular weight excluding hydrogens is 493 g/mol. The number of aromatic nitrogens is 1. The van der Waals surface area contributed by atoms with Crippen LogP contribution in [0.3, 0.4) is 0 Å². The van der Waals surface area contributed by atoms with E-state index in [1.165, 1.54) is 11.3 Å². The fraction of sp³-hybridized carbons (Fsp3) is 0.562. The molecule has 2 aromatic carbocycles. The second kappa shape index (κ2) is 13.6. The highest BCUT2D eigenvalue weighted by Crippen LogP contribution is 2.35. The van der Waals surface area contributed by atoms with Gasteiger partial charge in [-0.15, -0.1) is 0 Å². The number of unbranched alkanes of at least 4 members (excludes halogenated alkanes) is 2. The van der Waals surface area contributed by atoms with Crippen LogP contribution in [0.2, 0.25) is 0 Å². The van der Waals surface area contributed by atoms with E-state index in [4.69, 9.17) is 14.2 Å². The summed E-state index contributed by atoms with van der Waals surface area (Å²) in [6, 6.07) is 14.4. The zero-order valence-electron chi connectivity index (χ0n) is 23.5. The van der Waals surface area contributed by atoms with Crippen LogP contribution >= 0.6 is 0 Å². The van der Waals surface area contributed by atoms with Gasteiger partial charge in [-0.1, -0.05) is 38.8 Å². The van der Waals surface area contributed by atoms with Crippen LogP contribution in [0.4, 0.5) is 15.8 Å². The van der Waals surface area contributed by atoms with Crippen LogP contribution in [0.5, 0.6) is 0 Å². The van der Waals surface area contributed by atoms with Crippen LogP contribution in [-0.2, 0) is 14.2 Å². The average molecular weight is 538 g/mol. The Labute approximate surface area is 232 Å². The molecule has 0 saturated carbocycles. The lowest BCUT2D eigenvalue weighted by Gasteiger charge is -2.38. The van der Waals surface area contributed by atoms with Gasteiger partial charge >= 0.3 is 0 Å². The molecule has 3 heterocycles. The monoisotopic (exact) mass is 537 g/mol. The summed E-state index contributed by atoms with van der Waals surface area (Å²) in [4.78, 5) is 8.02. The molecule has 2 aliphatic heterocycles. The van der Waals surface area contributed by atoms with Gasteiger partial charge in [0.2, 0.25) is 0 Å². The Bertz CT molecular complexity index is 1150. The number of morpholine rings is 1. The van der Waals surface area contributed by atoms with E-state index in [-0.39, 0.29) is 18.2 Å². The van der Waals surface area contributed by atoms with Gasteiger partial charge in [-0.2, -0.15) is 0 Å². The number of fused-ring (bicyclic) bond motifs is 1. The smallest absolute Gasteiger partial charge is 0.185 e. The van der Waals surface area contributed by atoms with Crippen molar-refractivity contribution in [3.8, 4) is 0 Å². The highest BCUT2D eigenvalue weighted by molar-refractivity contribution is 5.92. The van der Waals surface area contributed by atoms with Gasteiger partial charge in [0, 0.05) is 56.7 Å². The summed E-state index contributed by atoms with van der Waals surface area (Å²) in [5.74, 6) is 0.371. The van der Waals surface area contributed by atoms with Gasteiger partial charge in [0.25, 0.3) is 0 Å². The predicted molar refractivity (Wildman–Crippen MR) is 156 cm³/mol. The quantitative estimate of drug-likeness (QED) is 0.202. The minimum absolute atomic E-state index is 0.0888. The molecule has 2 saturated heterocycles. The molecule has 2 fully saturated rings. The van der Waals surface area contributed by atoms with Crippen molar-refractivity contribution in [2.45, 2.75) is 70.7 Å². The van der Waals surface area contributed by atoms with Crippen LogP contribution < -0.4 is 9.80 Å². The third-order valence-corrected chi connectivity index (χ3v) is 8.17. The molecule has 0 aliphatic carbocycles. The molecule has 5 rings (SSSR count). The number of hydrogen-bond donors (Lipinski definition) is 1. The van der Waals surface area contributed by atoms with Crippen LogP contribution in [0.15, 0.2) is 48.7 Å². The number of aromatic amines is 1. The Morgan fingerprint density at radius 1 is 0.923 bits per heavy atom. The summed E-state index contributed by atoms with van der Waals surface area (Å²) >= 11 is 0. The summed E-state index contributed by atoms with van der Waals surface area (Å²) in [6.45, 7) is 10.0. The molecule has 1 atom stereocenters. The largest absolute Gasteiger partial charge is 0.370 e. The van der Waals surface area contributed by atoms with Gasteiger partial charge in [0.15, 0.2) is 6.29 Å². The number of nitrogens with one attached hydrogen (secondary N) is 1. The maximum absolute atomic E-state index is 14.1. The van der Waals surface area contributed by atoms with E-state index in [9.17, 15) is 4.39 Å². The zero-order valence-corrected chi connectivity index (χ0v) is 23.5. The Hall–Kier alpha value is -2.61. The van der Waals surface area contributed by atoms with E-state index in [0.29, 0.717) is 31.1 Å². The molecule has 0 spiro atoms. The van der Waals surface area contributed by atoms with Crippen molar-refractivity contribution in [3.05, 3.63) is 60.0 Å². The minimum Gasteiger partial charge on any atom is -0.370 e. The maximum atomic E-state index is 14.1. The number of benzene rings is 2. The van der Waals surface area contributed by atoms with E-state index in [0.717, 1.165) is 75.9 Å². The van der Waals surface area contributed by atoms with Crippen molar-refractivity contribution in [2.75, 3.05) is 55.8 Å². The topological polar surface area (TPSA) is 50.0 Å². The normalized spacial score (nSPS) is 18.9. The molecule has 7 heteroatoms. The molecular formula is C32H44FN3O3. The van der Waals surface area contributed by atoms with Gasteiger partial charge in [0.1, 0.15) is 11.9 Å². The Balaban J connectivity index is 1.17. The summed E-state index contributed by atoms with van der Waals surface area (Å²) in [5.41, 5.74) is 4.62. The van der Waals surface area contributed by atoms with Crippen LogP contribution in [0.1, 0.15) is 63.9 Å². The predicted octanol–water partition coefficient (Wildman–Crippen LogP) is 6.86. The van der Waals surface area contributed by atoms with E-state index < -0.39 is 0 Å². The van der Waals surface area contributed by atoms with E-state index in [1.807, 2.05) is 18.3 Å². The summed E-state index contributed by atoms with van der Waals surface area (Å²) in [6.07, 6.45) is 7.87. The first-order valence-electron chi connectivity index (χ1n) is 14.9. The first-order valence-corrected chi connectivity index (χ1v) is 14.9. The molecule has 2 aliphatic rings. The summed E-state index contributed by atoms with van der Waals surface area (Å²) in [5, 5.41) is 0.668. The lowest BCUT2D eigenvalue weighted by molar-refractivity contribution is -0.209. The second-order valence-corrected chi connectivity index (χ2v) is 10.9. The SMILES string of the molecule is CCCCOC(OCCCC)[C@@H]1CN(c2ccc(C3CCN(c4ccc(F)c5cc[nH]c45)CC3)cc2)CCO1. The van der Waals surface area contributed by atoms with Gasteiger partial charge in [-0.25, -0.2) is 4.39 Å². The molecule has 0 bridgehead atoms. The van der Waals surface area contributed by atoms with E-state index in [1.54, 1.807) is 6.07 Å². The van der Waals surface area contributed by atoms with Crippen molar-refractivity contribution >= 4 is 22.3 Å². The van der Waals surface area contributed by atoms with Crippen LogP contribution in [0, 0.1) is 5.82 Å². The highest BCUT2D eigenvalue weighted by Gasteiger charge is 2.30. The number of ether oxygens (including phenoxy) is 3. The fourth-order valence-corrected chi connectivity index (χ4v) is 5.81. The van der Waals surface area contributed by atoms with Crippen molar-refractivity contribution in [3.63, 3.8) is 0 Å². The first kappa shape index (κ1) is 27.9. The zero-order chi connectivity index (χ0) is 27.0. The minimum atomic E-state index is -0.316. The molecule has 3 aromatic rings. The van der Waals surface area contributed by atoms with Crippen molar-refractivity contribution in [1.82, 2.24) is 4.98 Å². The lowest BCUT2D eigenvalue weighted by atomic mass is 9.89. The number of piperidine rings is 1. The second-order valence-electron chi connectivity index (χ2n) is 10.9. The number of halogens is 1. The number of hydrogen-bond acceptors (Lipinski definition) is 5. The van der Waals surface area contributed by atoms with Crippen LogP contribution in [0.25, 0.3) is 10.9 Å². The molecule has 0 radical (unpaired) electrons. The highest BCUT2D eigenvalue weighted by atomic mass is 19.1. The van der Waals surface area contributed by atoms with Gasteiger partial charge in [-0.05, 0) is 67.5 Å². The fourth-order valence-electron chi connectivity index (χ4n) is 5.81. The van der Waals surface area contributed by atoms with Crippen LogP contribution in [-0.4, -0.2) is 63.4 Å². The summed E-state index contributed by atoms with van der Waals surface area (Å²) in [7, 11) is 0. The standard InChI is InChI=1S/C32H44FN3O3/c1-3-5-20-38-32(39-21-6-4-2)30-23-36(19-22-37-30)26-9-7-24(8-10-26)25-14-17-35(18-15-25)29-12-11-28(33)27-13-16-34-31(27)29/h7-13,16,25,30,32,34H,3-6,14-15,17-23H2,1-2H3/t30-/m0/s1. The van der Waals surface area contributed by atoms with Crippen molar-refractivity contribution in [2.24, 2.45) is 0 Å². The van der Waals surface area contributed by atoms with Gasteiger partial charge in [0.05, 0.1) is 17.8 Å².